The van der Waals surface area contributed by atoms with Crippen molar-refractivity contribution in [3.05, 3.63) is 36.0 Å². The van der Waals surface area contributed by atoms with Gasteiger partial charge >= 0.3 is 0 Å². The quantitative estimate of drug-likeness (QED) is 0.433. The molecule has 0 fully saturated rings. The van der Waals surface area contributed by atoms with E-state index < -0.39 is 5.91 Å². The maximum atomic E-state index is 12.1. The first-order valence-electron chi connectivity index (χ1n) is 7.01. The van der Waals surface area contributed by atoms with Crippen LogP contribution in [0.15, 0.2) is 36.0 Å². The summed E-state index contributed by atoms with van der Waals surface area (Å²) in [5.74, 6) is 0.0826. The lowest BCUT2D eigenvalue weighted by Gasteiger charge is -2.10. The summed E-state index contributed by atoms with van der Waals surface area (Å²) in [5, 5.41) is 14.7. The molecule has 2 N–H and O–H groups in total. The van der Waals surface area contributed by atoms with E-state index in [1.54, 1.807) is 18.2 Å². The monoisotopic (exact) mass is 302 g/mol. The van der Waals surface area contributed by atoms with Crippen LogP contribution in [-0.2, 0) is 4.79 Å². The number of methoxy groups -OCH3 is 1. The van der Waals surface area contributed by atoms with Crippen molar-refractivity contribution in [2.24, 2.45) is 0 Å². The SMILES string of the molecule is COc1ccccc1NC(=O)/C(C#N)=C\NCCCN(C)C. The molecular weight excluding hydrogens is 280 g/mol. The molecule has 1 aromatic carbocycles. The average Bonchev–Trinajstić information content (AvgIpc) is 2.51. The molecule has 0 aliphatic rings. The fourth-order valence-corrected chi connectivity index (χ4v) is 1.76. The Balaban J connectivity index is 2.59. The van der Waals surface area contributed by atoms with E-state index in [-0.39, 0.29) is 5.57 Å². The van der Waals surface area contributed by atoms with Crippen molar-refractivity contribution >= 4 is 11.6 Å². The number of ether oxygens (including phenoxy) is 1. The molecular formula is C16H22N4O2. The molecule has 0 saturated carbocycles. The van der Waals surface area contributed by atoms with Gasteiger partial charge in [0.05, 0.1) is 12.8 Å². The number of carbonyl (C=O) groups is 1. The third kappa shape index (κ3) is 5.85. The molecule has 6 heteroatoms. The van der Waals surface area contributed by atoms with Crippen LogP contribution >= 0.6 is 0 Å². The standard InChI is InChI=1S/C16H22N4O2/c1-20(2)10-6-9-18-12-13(11-17)16(21)19-14-7-4-5-8-15(14)22-3/h4-5,7-8,12,18H,6,9-10H2,1-3H3,(H,19,21)/b13-12-. The van der Waals surface area contributed by atoms with Crippen LogP contribution < -0.4 is 15.4 Å². The highest BCUT2D eigenvalue weighted by Gasteiger charge is 2.11. The molecule has 6 nitrogen and oxygen atoms in total. The van der Waals surface area contributed by atoms with Crippen LogP contribution in [0.5, 0.6) is 5.75 Å². The number of nitrogens with one attached hydrogen (secondary N) is 2. The lowest BCUT2D eigenvalue weighted by molar-refractivity contribution is -0.112. The second kappa shape index (κ2) is 9.42. The van der Waals surface area contributed by atoms with E-state index in [9.17, 15) is 4.79 Å². The Bertz CT molecular complexity index is 562. The molecule has 0 heterocycles. The molecule has 118 valence electrons. The molecule has 0 bridgehead atoms. The van der Waals surface area contributed by atoms with Gasteiger partial charge in [-0.3, -0.25) is 4.79 Å². The zero-order valence-corrected chi connectivity index (χ0v) is 13.2. The molecule has 0 aromatic heterocycles. The zero-order chi connectivity index (χ0) is 16.4. The van der Waals surface area contributed by atoms with Crippen molar-refractivity contribution in [2.75, 3.05) is 39.6 Å². The van der Waals surface area contributed by atoms with Gasteiger partial charge in [0.15, 0.2) is 0 Å². The second-order valence-electron chi connectivity index (χ2n) is 4.94. The third-order valence-electron chi connectivity index (χ3n) is 2.89. The van der Waals surface area contributed by atoms with Crippen LogP contribution in [0.25, 0.3) is 0 Å². The maximum Gasteiger partial charge on any atom is 0.267 e. The zero-order valence-electron chi connectivity index (χ0n) is 13.2. The van der Waals surface area contributed by atoms with Gasteiger partial charge in [0, 0.05) is 12.7 Å². The minimum atomic E-state index is -0.466. The van der Waals surface area contributed by atoms with Crippen LogP contribution in [0.2, 0.25) is 0 Å². The van der Waals surface area contributed by atoms with Crippen molar-refractivity contribution in [2.45, 2.75) is 6.42 Å². The molecule has 0 saturated heterocycles. The Labute approximate surface area is 131 Å². The third-order valence-corrected chi connectivity index (χ3v) is 2.89. The van der Waals surface area contributed by atoms with E-state index in [1.165, 1.54) is 13.3 Å². The van der Waals surface area contributed by atoms with Crippen molar-refractivity contribution in [1.29, 1.82) is 5.26 Å². The Morgan fingerprint density at radius 2 is 2.14 bits per heavy atom. The average molecular weight is 302 g/mol. The van der Waals surface area contributed by atoms with Crippen LogP contribution in [0.4, 0.5) is 5.69 Å². The van der Waals surface area contributed by atoms with E-state index in [2.05, 4.69) is 15.5 Å². The van der Waals surface area contributed by atoms with Gasteiger partial charge in [-0.05, 0) is 39.2 Å². The number of hydrogen-bond donors (Lipinski definition) is 2. The minimum absolute atomic E-state index is 0.0239. The number of amides is 1. The van der Waals surface area contributed by atoms with E-state index in [0.29, 0.717) is 18.0 Å². The van der Waals surface area contributed by atoms with Crippen molar-refractivity contribution in [3.8, 4) is 11.8 Å². The maximum absolute atomic E-state index is 12.1. The van der Waals surface area contributed by atoms with Gasteiger partial charge in [-0.1, -0.05) is 12.1 Å². The van der Waals surface area contributed by atoms with Gasteiger partial charge in [0.2, 0.25) is 0 Å². The lowest BCUT2D eigenvalue weighted by Crippen LogP contribution is -2.20. The first kappa shape index (κ1) is 17.5. The highest BCUT2D eigenvalue weighted by molar-refractivity contribution is 6.07. The largest absolute Gasteiger partial charge is 0.495 e. The predicted octanol–water partition coefficient (Wildman–Crippen LogP) is 1.58. The van der Waals surface area contributed by atoms with E-state index in [1.807, 2.05) is 26.2 Å². The van der Waals surface area contributed by atoms with Gasteiger partial charge in [-0.25, -0.2) is 0 Å². The van der Waals surface area contributed by atoms with E-state index >= 15 is 0 Å². The topological polar surface area (TPSA) is 77.4 Å². The number of hydrogen-bond acceptors (Lipinski definition) is 5. The summed E-state index contributed by atoms with van der Waals surface area (Å²) in [6.07, 6.45) is 2.37. The van der Waals surface area contributed by atoms with Crippen molar-refractivity contribution in [1.82, 2.24) is 10.2 Å². The molecule has 0 radical (unpaired) electrons. The Hall–Kier alpha value is -2.52. The number of nitriles is 1. The molecule has 0 atom stereocenters. The fraction of sp³-hybridized carbons (Fsp3) is 0.375. The number of anilines is 1. The summed E-state index contributed by atoms with van der Waals surface area (Å²) in [4.78, 5) is 14.2. The van der Waals surface area contributed by atoms with Gasteiger partial charge in [-0.2, -0.15) is 5.26 Å². The van der Waals surface area contributed by atoms with Crippen molar-refractivity contribution in [3.63, 3.8) is 0 Å². The molecule has 1 rings (SSSR count). The lowest BCUT2D eigenvalue weighted by atomic mass is 10.2. The first-order chi connectivity index (χ1) is 10.6. The minimum Gasteiger partial charge on any atom is -0.495 e. The summed E-state index contributed by atoms with van der Waals surface area (Å²) in [6, 6.07) is 8.95. The summed E-state index contributed by atoms with van der Waals surface area (Å²) in [6.45, 7) is 1.64. The van der Waals surface area contributed by atoms with Gasteiger partial charge in [0.1, 0.15) is 17.4 Å². The number of rotatable bonds is 8. The molecule has 0 unspecified atom stereocenters. The smallest absolute Gasteiger partial charge is 0.267 e. The predicted molar refractivity (Wildman–Crippen MR) is 86.5 cm³/mol. The molecule has 0 spiro atoms. The number of nitrogens with zero attached hydrogens (tertiary/aromatic N) is 2. The Morgan fingerprint density at radius 1 is 1.41 bits per heavy atom. The summed E-state index contributed by atoms with van der Waals surface area (Å²) in [7, 11) is 5.52. The number of benzene rings is 1. The van der Waals surface area contributed by atoms with Crippen LogP contribution in [0, 0.1) is 11.3 Å². The van der Waals surface area contributed by atoms with Gasteiger partial charge < -0.3 is 20.3 Å². The molecule has 0 aliphatic heterocycles. The van der Waals surface area contributed by atoms with Crippen LogP contribution in [0.3, 0.4) is 0 Å². The van der Waals surface area contributed by atoms with E-state index in [0.717, 1.165) is 13.0 Å². The second-order valence-corrected chi connectivity index (χ2v) is 4.94. The fourth-order valence-electron chi connectivity index (χ4n) is 1.76. The highest BCUT2D eigenvalue weighted by Crippen LogP contribution is 2.23. The van der Waals surface area contributed by atoms with Crippen LogP contribution in [0.1, 0.15) is 6.42 Å². The molecule has 22 heavy (non-hydrogen) atoms. The summed E-state index contributed by atoms with van der Waals surface area (Å²) < 4.78 is 5.16. The normalized spacial score (nSPS) is 11.0. The Morgan fingerprint density at radius 3 is 2.77 bits per heavy atom. The Kier molecular flexibility index (Phi) is 7.51. The van der Waals surface area contributed by atoms with Gasteiger partial charge in [0.25, 0.3) is 5.91 Å². The summed E-state index contributed by atoms with van der Waals surface area (Å²) in [5.41, 5.74) is 0.555. The number of para-hydroxylation sites is 2. The first-order valence-corrected chi connectivity index (χ1v) is 7.01. The van der Waals surface area contributed by atoms with Crippen molar-refractivity contribution < 1.29 is 9.53 Å². The molecule has 0 aliphatic carbocycles. The van der Waals surface area contributed by atoms with E-state index in [4.69, 9.17) is 10.00 Å². The van der Waals surface area contributed by atoms with Crippen LogP contribution in [-0.4, -0.2) is 45.1 Å². The summed E-state index contributed by atoms with van der Waals surface area (Å²) >= 11 is 0. The molecule has 1 aromatic rings. The molecule has 1 amide bonds. The number of carbonyl (C=O) groups excluding carboxylic acids is 1. The van der Waals surface area contributed by atoms with Gasteiger partial charge in [-0.15, -0.1) is 0 Å². The highest BCUT2D eigenvalue weighted by atomic mass is 16.5.